The van der Waals surface area contributed by atoms with E-state index in [1.807, 2.05) is 6.92 Å². The molecule has 12 heteroatoms. The van der Waals surface area contributed by atoms with Crippen molar-refractivity contribution in [2.24, 2.45) is 0 Å². The van der Waals surface area contributed by atoms with E-state index in [0.717, 1.165) is 51.1 Å². The van der Waals surface area contributed by atoms with Crippen molar-refractivity contribution < 1.29 is 28.2 Å². The van der Waals surface area contributed by atoms with Gasteiger partial charge in [0.05, 0.1) is 42.4 Å². The van der Waals surface area contributed by atoms with Crippen LogP contribution in [-0.4, -0.2) is 55.1 Å². The zero-order chi connectivity index (χ0) is 31.7. The number of halogens is 1. The van der Waals surface area contributed by atoms with Gasteiger partial charge in [0.1, 0.15) is 17.5 Å². The van der Waals surface area contributed by atoms with E-state index in [4.69, 9.17) is 9.47 Å². The number of pyridine rings is 2. The number of benzene rings is 1. The summed E-state index contributed by atoms with van der Waals surface area (Å²) in [5.41, 5.74) is 1.50. The number of carbonyl (C=O) groups excluding carboxylic acids is 3. The van der Waals surface area contributed by atoms with Crippen LogP contribution in [0.1, 0.15) is 79.0 Å². The van der Waals surface area contributed by atoms with Crippen molar-refractivity contribution in [1.29, 1.82) is 0 Å². The van der Waals surface area contributed by atoms with Crippen LogP contribution in [0.4, 0.5) is 27.4 Å². The molecule has 4 N–H and O–H groups in total. The zero-order valence-electron chi connectivity index (χ0n) is 25.5. The number of para-hydroxylation sites is 1. The van der Waals surface area contributed by atoms with Gasteiger partial charge in [0.15, 0.2) is 5.75 Å². The zero-order valence-corrected chi connectivity index (χ0v) is 25.5. The molecule has 0 bridgehead atoms. The fourth-order valence-corrected chi connectivity index (χ4v) is 4.51. The van der Waals surface area contributed by atoms with Crippen LogP contribution in [0.5, 0.6) is 5.75 Å². The average molecular weight is 609 g/mol. The SMILES string of the molecule is CCOC(=O)CCCCCCCCCNC(=O)c1cccc(Nc2cc(Nc3ccc(F)cn3)ncc2C(=O)NC)c1OC. The van der Waals surface area contributed by atoms with E-state index in [-0.39, 0.29) is 23.3 Å². The van der Waals surface area contributed by atoms with Gasteiger partial charge in [-0.1, -0.05) is 38.2 Å². The Hall–Kier alpha value is -4.74. The fourth-order valence-electron chi connectivity index (χ4n) is 4.51. The standard InChI is InChI=1S/C32H41FN6O5/c1-4-44-29(40)15-10-8-6-5-7-9-11-18-35-32(42)23-13-12-14-25(30(23)43-3)38-26-19-28(37-21-24(26)31(41)34-2)39-27-17-16-22(33)20-36-27/h12-14,16-17,19-21H,4-11,15,18H2,1-3H3,(H,34,41)(H,35,42)(H2,36,37,38,39). The van der Waals surface area contributed by atoms with E-state index in [9.17, 15) is 18.8 Å². The summed E-state index contributed by atoms with van der Waals surface area (Å²) in [6.07, 6.45) is 9.88. The maximum atomic E-state index is 13.3. The minimum Gasteiger partial charge on any atom is -0.494 e. The maximum Gasteiger partial charge on any atom is 0.305 e. The lowest BCUT2D eigenvalue weighted by Crippen LogP contribution is -2.25. The predicted octanol–water partition coefficient (Wildman–Crippen LogP) is 5.88. The van der Waals surface area contributed by atoms with Gasteiger partial charge in [-0.15, -0.1) is 0 Å². The molecule has 0 aliphatic rings. The Morgan fingerprint density at radius 1 is 0.818 bits per heavy atom. The minimum absolute atomic E-state index is 0.130. The summed E-state index contributed by atoms with van der Waals surface area (Å²) in [5.74, 6) is -0.167. The topological polar surface area (TPSA) is 144 Å². The Balaban J connectivity index is 1.58. The van der Waals surface area contributed by atoms with Gasteiger partial charge in [-0.2, -0.15) is 0 Å². The normalized spacial score (nSPS) is 10.5. The molecule has 2 amide bonds. The number of amides is 2. The molecule has 0 unspecified atom stereocenters. The molecular weight excluding hydrogens is 567 g/mol. The number of nitrogens with zero attached hydrogens (tertiary/aromatic N) is 2. The molecule has 236 valence electrons. The van der Waals surface area contributed by atoms with Gasteiger partial charge in [-0.25, -0.2) is 14.4 Å². The number of carbonyl (C=O) groups is 3. The van der Waals surface area contributed by atoms with E-state index in [1.54, 1.807) is 24.3 Å². The van der Waals surface area contributed by atoms with Gasteiger partial charge >= 0.3 is 5.97 Å². The number of hydrogen-bond donors (Lipinski definition) is 4. The molecule has 0 saturated heterocycles. The molecule has 0 spiro atoms. The first-order valence-electron chi connectivity index (χ1n) is 14.8. The molecule has 3 aromatic rings. The summed E-state index contributed by atoms with van der Waals surface area (Å²) >= 11 is 0. The van der Waals surface area contributed by atoms with Crippen molar-refractivity contribution in [3.8, 4) is 5.75 Å². The molecule has 3 rings (SSSR count). The molecule has 0 atom stereocenters. The number of hydrogen-bond acceptors (Lipinski definition) is 9. The molecule has 0 fully saturated rings. The number of methoxy groups -OCH3 is 1. The van der Waals surface area contributed by atoms with Gasteiger partial charge < -0.3 is 30.7 Å². The van der Waals surface area contributed by atoms with E-state index in [1.165, 1.54) is 32.5 Å². The minimum atomic E-state index is -0.465. The van der Waals surface area contributed by atoms with E-state index in [2.05, 4.69) is 31.2 Å². The predicted molar refractivity (Wildman–Crippen MR) is 167 cm³/mol. The van der Waals surface area contributed by atoms with E-state index in [0.29, 0.717) is 53.9 Å². The summed E-state index contributed by atoms with van der Waals surface area (Å²) in [6, 6.07) is 9.50. The number of esters is 1. The second-order valence-electron chi connectivity index (χ2n) is 9.98. The second kappa shape index (κ2) is 18.0. The molecule has 11 nitrogen and oxygen atoms in total. The summed E-state index contributed by atoms with van der Waals surface area (Å²) in [5, 5.41) is 11.7. The van der Waals surface area contributed by atoms with Gasteiger partial charge in [0.2, 0.25) is 0 Å². The van der Waals surface area contributed by atoms with Crippen molar-refractivity contribution in [3.63, 3.8) is 0 Å². The number of nitrogens with one attached hydrogen (secondary N) is 4. The number of rotatable bonds is 18. The first kappa shape index (κ1) is 33.8. The van der Waals surface area contributed by atoms with Crippen LogP contribution in [0.3, 0.4) is 0 Å². The molecule has 0 aliphatic carbocycles. The largest absolute Gasteiger partial charge is 0.494 e. The molecule has 1 aromatic carbocycles. The summed E-state index contributed by atoms with van der Waals surface area (Å²) in [6.45, 7) is 2.76. The van der Waals surface area contributed by atoms with Crippen molar-refractivity contribution in [3.05, 3.63) is 65.7 Å². The van der Waals surface area contributed by atoms with Crippen LogP contribution in [-0.2, 0) is 9.53 Å². The third kappa shape index (κ3) is 10.5. The van der Waals surface area contributed by atoms with Crippen LogP contribution in [0.2, 0.25) is 0 Å². The molecule has 2 aromatic heterocycles. The molecule has 2 heterocycles. The molecular formula is C32H41FN6O5. The molecule has 0 aliphatic heterocycles. The molecule has 0 saturated carbocycles. The monoisotopic (exact) mass is 608 g/mol. The fraction of sp³-hybridized carbons (Fsp3) is 0.406. The lowest BCUT2D eigenvalue weighted by molar-refractivity contribution is -0.143. The third-order valence-corrected chi connectivity index (χ3v) is 6.74. The summed E-state index contributed by atoms with van der Waals surface area (Å²) in [4.78, 5) is 45.3. The first-order valence-corrected chi connectivity index (χ1v) is 14.8. The number of unbranched alkanes of at least 4 members (excludes halogenated alkanes) is 6. The van der Waals surface area contributed by atoms with Gasteiger partial charge in [0, 0.05) is 32.3 Å². The van der Waals surface area contributed by atoms with Crippen molar-refractivity contribution in [2.45, 2.75) is 58.3 Å². The maximum absolute atomic E-state index is 13.3. The quantitative estimate of drug-likeness (QED) is 0.103. The number of ether oxygens (including phenoxy) is 2. The van der Waals surface area contributed by atoms with E-state index < -0.39 is 5.82 Å². The summed E-state index contributed by atoms with van der Waals surface area (Å²) in [7, 11) is 2.99. The third-order valence-electron chi connectivity index (χ3n) is 6.74. The van der Waals surface area contributed by atoms with Gasteiger partial charge in [-0.05, 0) is 44.0 Å². The highest BCUT2D eigenvalue weighted by molar-refractivity contribution is 6.02. The number of anilines is 4. The Bertz CT molecular complexity index is 1390. The Labute approximate surface area is 257 Å². The smallest absolute Gasteiger partial charge is 0.305 e. The average Bonchev–Trinajstić information content (AvgIpc) is 3.02. The lowest BCUT2D eigenvalue weighted by atomic mass is 10.1. The van der Waals surface area contributed by atoms with E-state index >= 15 is 0 Å². The highest BCUT2D eigenvalue weighted by Crippen LogP contribution is 2.33. The highest BCUT2D eigenvalue weighted by atomic mass is 19.1. The van der Waals surface area contributed by atoms with Crippen molar-refractivity contribution in [1.82, 2.24) is 20.6 Å². The number of aromatic nitrogens is 2. The van der Waals surface area contributed by atoms with Crippen LogP contribution < -0.4 is 26.0 Å². The van der Waals surface area contributed by atoms with Crippen LogP contribution in [0.25, 0.3) is 0 Å². The first-order chi connectivity index (χ1) is 21.4. The van der Waals surface area contributed by atoms with Crippen LogP contribution >= 0.6 is 0 Å². The van der Waals surface area contributed by atoms with Crippen LogP contribution in [0.15, 0.2) is 48.8 Å². The second-order valence-corrected chi connectivity index (χ2v) is 9.98. The Morgan fingerprint density at radius 2 is 1.55 bits per heavy atom. The highest BCUT2D eigenvalue weighted by Gasteiger charge is 2.19. The summed E-state index contributed by atoms with van der Waals surface area (Å²) < 4.78 is 23.8. The lowest BCUT2D eigenvalue weighted by Gasteiger charge is -2.17. The van der Waals surface area contributed by atoms with Gasteiger partial charge in [0.25, 0.3) is 11.8 Å². The van der Waals surface area contributed by atoms with Crippen molar-refractivity contribution in [2.75, 3.05) is 37.9 Å². The molecule has 44 heavy (non-hydrogen) atoms. The van der Waals surface area contributed by atoms with Crippen molar-refractivity contribution >= 4 is 40.8 Å². The Morgan fingerprint density at radius 3 is 2.23 bits per heavy atom. The van der Waals surface area contributed by atoms with Crippen LogP contribution in [0, 0.1) is 5.82 Å². The Kier molecular flexibility index (Phi) is 13.8. The molecule has 0 radical (unpaired) electrons. The van der Waals surface area contributed by atoms with Gasteiger partial charge in [-0.3, -0.25) is 14.4 Å².